The van der Waals surface area contributed by atoms with Crippen molar-refractivity contribution >= 4 is 23.3 Å². The van der Waals surface area contributed by atoms with Crippen LogP contribution in [0, 0.1) is 0 Å². The van der Waals surface area contributed by atoms with Gasteiger partial charge in [0.05, 0.1) is 18.2 Å². The number of hydrogen-bond donors (Lipinski definition) is 0. The maximum Gasteiger partial charge on any atom is 0.332 e. The van der Waals surface area contributed by atoms with Crippen molar-refractivity contribution in [2.75, 3.05) is 19.1 Å². The minimum atomic E-state index is -0.735. The summed E-state index contributed by atoms with van der Waals surface area (Å²) < 4.78 is 6.91. The zero-order chi connectivity index (χ0) is 16.6. The van der Waals surface area contributed by atoms with E-state index >= 15 is 0 Å². The second kappa shape index (κ2) is 5.63. The topological polar surface area (TPSA) is 90.6 Å². The molecule has 0 aromatic carbocycles. The van der Waals surface area contributed by atoms with E-state index in [0.717, 1.165) is 10.6 Å². The Bertz CT molecular complexity index is 800. The molecule has 1 amide bonds. The van der Waals surface area contributed by atoms with E-state index in [0.29, 0.717) is 6.54 Å². The summed E-state index contributed by atoms with van der Waals surface area (Å²) in [6.45, 7) is 3.88. The number of likely N-dealkylation sites (N-methyl/N-ethyl adjacent to an activating group) is 1. The molecule has 0 spiro atoms. The summed E-state index contributed by atoms with van der Waals surface area (Å²) >= 11 is 0. The Morgan fingerprint density at radius 1 is 1.14 bits per heavy atom. The fourth-order valence-electron chi connectivity index (χ4n) is 2.53. The molecular weight excluding hydrogens is 290 g/mol. The van der Waals surface area contributed by atoms with Gasteiger partial charge in [0.1, 0.15) is 5.82 Å². The fraction of sp³-hybridized carbons (Fsp3) is 0.429. The minimum absolute atomic E-state index is 0.0567. The van der Waals surface area contributed by atoms with E-state index in [-0.39, 0.29) is 23.5 Å². The number of carbonyl (C=O) groups is 2. The molecule has 0 saturated carbocycles. The number of fused-ring (bicyclic) bond motifs is 1. The Balaban J connectivity index is 2.93. The van der Waals surface area contributed by atoms with E-state index < -0.39 is 23.1 Å². The number of amides is 1. The molecule has 22 heavy (non-hydrogen) atoms. The van der Waals surface area contributed by atoms with E-state index in [1.165, 1.54) is 23.6 Å². The number of rotatable bonds is 3. The molecule has 0 aliphatic carbocycles. The maximum absolute atomic E-state index is 12.5. The highest BCUT2D eigenvalue weighted by Crippen LogP contribution is 2.32. The van der Waals surface area contributed by atoms with Gasteiger partial charge in [0.2, 0.25) is 0 Å². The van der Waals surface area contributed by atoms with Gasteiger partial charge in [-0.3, -0.25) is 23.6 Å². The zero-order valence-corrected chi connectivity index (χ0v) is 12.9. The first kappa shape index (κ1) is 15.7. The summed E-state index contributed by atoms with van der Waals surface area (Å²) in [5.41, 5.74) is -1.06. The van der Waals surface area contributed by atoms with Crippen LogP contribution in [-0.4, -0.2) is 35.2 Å². The summed E-state index contributed by atoms with van der Waals surface area (Å²) in [5, 5.41) is 0. The van der Waals surface area contributed by atoms with Crippen molar-refractivity contribution in [3.63, 3.8) is 0 Å². The number of esters is 1. The summed E-state index contributed by atoms with van der Waals surface area (Å²) in [4.78, 5) is 49.9. The van der Waals surface area contributed by atoms with Gasteiger partial charge < -0.3 is 4.74 Å². The lowest BCUT2D eigenvalue weighted by Crippen LogP contribution is -2.41. The zero-order valence-electron chi connectivity index (χ0n) is 12.9. The third kappa shape index (κ3) is 2.07. The first-order valence-electron chi connectivity index (χ1n) is 6.84. The number of methoxy groups -OCH3 is 1. The van der Waals surface area contributed by atoms with E-state index in [1.54, 1.807) is 13.8 Å². The Morgan fingerprint density at radius 3 is 2.23 bits per heavy atom. The molecule has 1 aromatic rings. The molecule has 8 nitrogen and oxygen atoms in total. The molecule has 1 aromatic heterocycles. The molecule has 0 N–H and O–H groups in total. The van der Waals surface area contributed by atoms with Crippen LogP contribution < -0.4 is 16.1 Å². The van der Waals surface area contributed by atoms with Crippen LogP contribution in [0.3, 0.4) is 0 Å². The summed E-state index contributed by atoms with van der Waals surface area (Å²) in [7, 11) is 2.64. The van der Waals surface area contributed by atoms with Crippen LogP contribution in [0.5, 0.6) is 0 Å². The van der Waals surface area contributed by atoms with Gasteiger partial charge >= 0.3 is 11.7 Å². The van der Waals surface area contributed by atoms with Gasteiger partial charge in [-0.05, 0) is 13.8 Å². The average molecular weight is 307 g/mol. The van der Waals surface area contributed by atoms with Crippen LogP contribution in [-0.2, 0) is 27.4 Å². The number of nitrogens with zero attached hydrogens (tertiary/aromatic N) is 3. The quantitative estimate of drug-likeness (QED) is 0.559. The van der Waals surface area contributed by atoms with E-state index in [9.17, 15) is 19.2 Å². The lowest BCUT2D eigenvalue weighted by molar-refractivity contribution is -0.135. The average Bonchev–Trinajstić information content (AvgIpc) is 2.74. The largest absolute Gasteiger partial charge is 0.466 e. The molecule has 1 aliphatic rings. The Morgan fingerprint density at radius 2 is 1.73 bits per heavy atom. The molecule has 2 heterocycles. The van der Waals surface area contributed by atoms with Crippen LogP contribution >= 0.6 is 0 Å². The van der Waals surface area contributed by atoms with E-state index in [4.69, 9.17) is 0 Å². The normalized spacial score (nSPS) is 15.4. The minimum Gasteiger partial charge on any atom is -0.466 e. The SMILES string of the molecule is CCn1c2c(c(=O)n(CC)c1=O)/C(=C\C(=O)OC)C(=O)N2C. The predicted octanol–water partition coefficient (Wildman–Crippen LogP) is -0.417. The Kier molecular flexibility index (Phi) is 4.03. The molecule has 8 heteroatoms. The van der Waals surface area contributed by atoms with Crippen LogP contribution in [0.25, 0.3) is 5.57 Å². The third-order valence-electron chi connectivity index (χ3n) is 3.62. The van der Waals surface area contributed by atoms with Crippen molar-refractivity contribution in [2.24, 2.45) is 0 Å². The monoisotopic (exact) mass is 307 g/mol. The number of carbonyl (C=O) groups excluding carboxylic acids is 2. The number of ether oxygens (including phenoxy) is 1. The molecular formula is C14H17N3O5. The van der Waals surface area contributed by atoms with Gasteiger partial charge in [0.15, 0.2) is 0 Å². The fourth-order valence-corrected chi connectivity index (χ4v) is 2.53. The van der Waals surface area contributed by atoms with Crippen LogP contribution in [0.2, 0.25) is 0 Å². The van der Waals surface area contributed by atoms with Crippen molar-refractivity contribution < 1.29 is 14.3 Å². The van der Waals surface area contributed by atoms with E-state index in [2.05, 4.69) is 4.74 Å². The predicted molar refractivity (Wildman–Crippen MR) is 79.7 cm³/mol. The molecule has 0 atom stereocenters. The van der Waals surface area contributed by atoms with Crippen molar-refractivity contribution in [2.45, 2.75) is 26.9 Å². The van der Waals surface area contributed by atoms with Gasteiger partial charge in [0, 0.05) is 26.2 Å². The van der Waals surface area contributed by atoms with Gasteiger partial charge in [-0.2, -0.15) is 0 Å². The van der Waals surface area contributed by atoms with Gasteiger partial charge in [-0.15, -0.1) is 0 Å². The van der Waals surface area contributed by atoms with Gasteiger partial charge in [-0.1, -0.05) is 0 Å². The molecule has 0 radical (unpaired) electrons. The molecule has 0 saturated heterocycles. The molecule has 0 unspecified atom stereocenters. The number of anilines is 1. The third-order valence-corrected chi connectivity index (χ3v) is 3.62. The Hall–Kier alpha value is -2.64. The highest BCUT2D eigenvalue weighted by Gasteiger charge is 2.37. The first-order chi connectivity index (χ1) is 10.4. The van der Waals surface area contributed by atoms with Crippen LogP contribution in [0.1, 0.15) is 19.4 Å². The van der Waals surface area contributed by atoms with Crippen LogP contribution in [0.4, 0.5) is 5.82 Å². The van der Waals surface area contributed by atoms with E-state index in [1.807, 2.05) is 0 Å². The second-order valence-corrected chi connectivity index (χ2v) is 4.72. The first-order valence-corrected chi connectivity index (χ1v) is 6.84. The van der Waals surface area contributed by atoms with Crippen molar-refractivity contribution in [3.8, 4) is 0 Å². The second-order valence-electron chi connectivity index (χ2n) is 4.72. The molecule has 118 valence electrons. The maximum atomic E-state index is 12.5. The van der Waals surface area contributed by atoms with Crippen LogP contribution in [0.15, 0.2) is 15.7 Å². The van der Waals surface area contributed by atoms with Gasteiger partial charge in [-0.25, -0.2) is 9.59 Å². The molecule has 0 bridgehead atoms. The van der Waals surface area contributed by atoms with Gasteiger partial charge in [0.25, 0.3) is 11.5 Å². The molecule has 1 aliphatic heterocycles. The number of hydrogen-bond acceptors (Lipinski definition) is 5. The van der Waals surface area contributed by atoms with Crippen molar-refractivity contribution in [1.82, 2.24) is 9.13 Å². The highest BCUT2D eigenvalue weighted by atomic mass is 16.5. The summed E-state index contributed by atoms with van der Waals surface area (Å²) in [6, 6.07) is 0. The Labute approximate surface area is 126 Å². The lowest BCUT2D eigenvalue weighted by atomic mass is 10.1. The molecule has 0 fully saturated rings. The van der Waals surface area contributed by atoms with Crippen molar-refractivity contribution in [3.05, 3.63) is 32.5 Å². The highest BCUT2D eigenvalue weighted by molar-refractivity contribution is 6.33. The smallest absolute Gasteiger partial charge is 0.332 e. The summed E-state index contributed by atoms with van der Waals surface area (Å²) in [6.07, 6.45) is 0.983. The van der Waals surface area contributed by atoms with Crippen molar-refractivity contribution in [1.29, 1.82) is 0 Å². The lowest BCUT2D eigenvalue weighted by Gasteiger charge is -2.16. The standard InChI is InChI=1S/C14H17N3O5/c1-5-16-11-10(13(20)17(6-2)14(16)21)8(7-9(18)22-4)12(19)15(11)3/h7H,5-6H2,1-4H3/b8-7+. The summed E-state index contributed by atoms with van der Waals surface area (Å²) in [5.74, 6) is -1.04. The number of aromatic nitrogens is 2. The molecule has 2 rings (SSSR count).